The van der Waals surface area contributed by atoms with E-state index in [1.54, 1.807) is 0 Å². The summed E-state index contributed by atoms with van der Waals surface area (Å²) in [4.78, 5) is 0. The number of hydrogen-bond donors (Lipinski definition) is 2. The highest BCUT2D eigenvalue weighted by Crippen LogP contribution is 2.23. The van der Waals surface area contributed by atoms with Crippen molar-refractivity contribution in [3.63, 3.8) is 0 Å². The van der Waals surface area contributed by atoms with Gasteiger partial charge in [0.25, 0.3) is 0 Å². The van der Waals surface area contributed by atoms with Gasteiger partial charge in [0.2, 0.25) is 10.0 Å². The average Bonchev–Trinajstić information content (AvgIpc) is 2.39. The fourth-order valence-corrected chi connectivity index (χ4v) is 3.96. The standard InChI is InChI=1S/C14H22N2O2S/c15-19(17,18)14-9-5-4-8-13(14)16-11-10-12-6-2-1-3-7-12/h1-3,6-7,13-14,16H,4-5,8-11H2,(H2,15,17,18). The van der Waals surface area contributed by atoms with Gasteiger partial charge in [0.05, 0.1) is 5.25 Å². The van der Waals surface area contributed by atoms with Gasteiger partial charge in [-0.15, -0.1) is 0 Å². The number of primary sulfonamides is 1. The minimum absolute atomic E-state index is 0.00691. The molecule has 0 spiro atoms. The number of rotatable bonds is 5. The van der Waals surface area contributed by atoms with E-state index in [1.165, 1.54) is 5.56 Å². The van der Waals surface area contributed by atoms with E-state index in [-0.39, 0.29) is 6.04 Å². The number of benzene rings is 1. The zero-order chi connectivity index (χ0) is 13.7. The first-order valence-corrected chi connectivity index (χ1v) is 8.47. The summed E-state index contributed by atoms with van der Waals surface area (Å²) in [5, 5.41) is 8.26. The van der Waals surface area contributed by atoms with Gasteiger partial charge in [-0.05, 0) is 31.4 Å². The molecule has 0 aliphatic heterocycles. The van der Waals surface area contributed by atoms with E-state index < -0.39 is 15.3 Å². The number of hydrogen-bond acceptors (Lipinski definition) is 3. The van der Waals surface area contributed by atoms with Crippen LogP contribution < -0.4 is 10.5 Å². The van der Waals surface area contributed by atoms with E-state index in [4.69, 9.17) is 5.14 Å². The molecular formula is C14H22N2O2S. The highest BCUT2D eigenvalue weighted by Gasteiger charge is 2.32. The van der Waals surface area contributed by atoms with Gasteiger partial charge in [-0.2, -0.15) is 0 Å². The maximum absolute atomic E-state index is 11.6. The maximum atomic E-state index is 11.6. The molecule has 1 aliphatic rings. The normalized spacial score (nSPS) is 24.3. The van der Waals surface area contributed by atoms with Crippen LogP contribution in [0.25, 0.3) is 0 Å². The molecule has 5 heteroatoms. The molecule has 0 heterocycles. The molecule has 0 radical (unpaired) electrons. The number of nitrogens with two attached hydrogens (primary N) is 1. The third-order valence-electron chi connectivity index (χ3n) is 3.79. The van der Waals surface area contributed by atoms with Crippen LogP contribution in [0, 0.1) is 0 Å². The van der Waals surface area contributed by atoms with E-state index in [9.17, 15) is 8.42 Å². The first-order valence-electron chi connectivity index (χ1n) is 6.86. The van der Waals surface area contributed by atoms with Gasteiger partial charge >= 0.3 is 0 Å². The molecule has 4 nitrogen and oxygen atoms in total. The molecule has 19 heavy (non-hydrogen) atoms. The summed E-state index contributed by atoms with van der Waals surface area (Å²) >= 11 is 0. The Hall–Kier alpha value is -0.910. The highest BCUT2D eigenvalue weighted by atomic mass is 32.2. The van der Waals surface area contributed by atoms with Crippen LogP contribution >= 0.6 is 0 Å². The van der Waals surface area contributed by atoms with Gasteiger partial charge in [-0.1, -0.05) is 43.2 Å². The molecule has 0 bridgehead atoms. The van der Waals surface area contributed by atoms with Crippen LogP contribution in [0.5, 0.6) is 0 Å². The van der Waals surface area contributed by atoms with E-state index in [1.807, 2.05) is 18.2 Å². The highest BCUT2D eigenvalue weighted by molar-refractivity contribution is 7.89. The monoisotopic (exact) mass is 282 g/mol. The fourth-order valence-electron chi connectivity index (χ4n) is 2.77. The predicted octanol–water partition coefficient (Wildman–Crippen LogP) is 1.42. The van der Waals surface area contributed by atoms with Crippen LogP contribution in [-0.2, 0) is 16.4 Å². The van der Waals surface area contributed by atoms with Crippen LogP contribution in [-0.4, -0.2) is 26.3 Å². The lowest BCUT2D eigenvalue weighted by atomic mass is 9.94. The molecule has 1 aliphatic carbocycles. The number of nitrogens with one attached hydrogen (secondary N) is 1. The van der Waals surface area contributed by atoms with E-state index in [0.717, 1.165) is 32.2 Å². The first kappa shape index (κ1) is 14.5. The van der Waals surface area contributed by atoms with Crippen LogP contribution in [0.1, 0.15) is 31.2 Å². The minimum atomic E-state index is -3.43. The van der Waals surface area contributed by atoms with Gasteiger partial charge < -0.3 is 5.32 Å². The molecule has 1 saturated carbocycles. The second kappa shape index (κ2) is 6.50. The number of sulfonamides is 1. The predicted molar refractivity (Wildman–Crippen MR) is 77.3 cm³/mol. The van der Waals surface area contributed by atoms with E-state index in [2.05, 4.69) is 17.4 Å². The Morgan fingerprint density at radius 2 is 1.84 bits per heavy atom. The lowest BCUT2D eigenvalue weighted by molar-refractivity contribution is 0.373. The summed E-state index contributed by atoms with van der Waals surface area (Å²) in [6.07, 6.45) is 4.53. The Morgan fingerprint density at radius 1 is 1.16 bits per heavy atom. The van der Waals surface area contributed by atoms with E-state index in [0.29, 0.717) is 6.42 Å². The molecule has 2 unspecified atom stereocenters. The lowest BCUT2D eigenvalue weighted by Gasteiger charge is -2.30. The second-order valence-electron chi connectivity index (χ2n) is 5.21. The topological polar surface area (TPSA) is 72.2 Å². The zero-order valence-electron chi connectivity index (χ0n) is 11.1. The third-order valence-corrected chi connectivity index (χ3v) is 5.20. The van der Waals surface area contributed by atoms with Crippen molar-refractivity contribution in [2.24, 2.45) is 5.14 Å². The molecule has 1 fully saturated rings. The maximum Gasteiger partial charge on any atom is 0.213 e. The molecule has 2 rings (SSSR count). The van der Waals surface area contributed by atoms with E-state index >= 15 is 0 Å². The van der Waals surface area contributed by atoms with Crippen molar-refractivity contribution in [1.29, 1.82) is 0 Å². The molecular weight excluding hydrogens is 260 g/mol. The van der Waals surface area contributed by atoms with Crippen LogP contribution in [0.15, 0.2) is 30.3 Å². The first-order chi connectivity index (χ1) is 9.07. The minimum Gasteiger partial charge on any atom is -0.312 e. The molecule has 1 aromatic carbocycles. The Labute approximate surface area is 115 Å². The van der Waals surface area contributed by atoms with Crippen LogP contribution in [0.3, 0.4) is 0 Å². The molecule has 0 saturated heterocycles. The summed E-state index contributed by atoms with van der Waals surface area (Å²) in [6.45, 7) is 0.792. The lowest BCUT2D eigenvalue weighted by Crippen LogP contribution is -2.49. The second-order valence-corrected chi connectivity index (χ2v) is 6.99. The fraction of sp³-hybridized carbons (Fsp3) is 0.571. The van der Waals surface area contributed by atoms with Crippen molar-refractivity contribution in [3.05, 3.63) is 35.9 Å². The van der Waals surface area contributed by atoms with Crippen molar-refractivity contribution in [2.45, 2.75) is 43.4 Å². The summed E-state index contributed by atoms with van der Waals surface area (Å²) in [7, 11) is -3.43. The Morgan fingerprint density at radius 3 is 2.53 bits per heavy atom. The Bertz CT molecular complexity index is 487. The summed E-state index contributed by atoms with van der Waals surface area (Å²) in [5.74, 6) is 0. The molecule has 2 atom stereocenters. The van der Waals surface area contributed by atoms with Crippen molar-refractivity contribution >= 4 is 10.0 Å². The summed E-state index contributed by atoms with van der Waals surface area (Å²) in [6, 6.07) is 10.2. The Kier molecular flexibility index (Phi) is 4.96. The summed E-state index contributed by atoms with van der Waals surface area (Å²) in [5.41, 5.74) is 1.26. The zero-order valence-corrected chi connectivity index (χ0v) is 11.9. The van der Waals surface area contributed by atoms with Crippen molar-refractivity contribution in [2.75, 3.05) is 6.54 Å². The van der Waals surface area contributed by atoms with Gasteiger partial charge in [-0.3, -0.25) is 0 Å². The molecule has 0 amide bonds. The molecule has 106 valence electrons. The Balaban J connectivity index is 1.87. The SMILES string of the molecule is NS(=O)(=O)C1CCCCC1NCCc1ccccc1. The third kappa shape index (κ3) is 4.30. The largest absolute Gasteiger partial charge is 0.312 e. The summed E-state index contributed by atoms with van der Waals surface area (Å²) < 4.78 is 23.1. The van der Waals surface area contributed by atoms with Crippen LogP contribution in [0.4, 0.5) is 0 Å². The smallest absolute Gasteiger partial charge is 0.213 e. The van der Waals surface area contributed by atoms with Crippen molar-refractivity contribution < 1.29 is 8.42 Å². The quantitative estimate of drug-likeness (QED) is 0.858. The van der Waals surface area contributed by atoms with Crippen molar-refractivity contribution in [1.82, 2.24) is 5.32 Å². The van der Waals surface area contributed by atoms with Crippen molar-refractivity contribution in [3.8, 4) is 0 Å². The van der Waals surface area contributed by atoms with Crippen LogP contribution in [0.2, 0.25) is 0 Å². The molecule has 0 aromatic heterocycles. The average molecular weight is 282 g/mol. The molecule has 1 aromatic rings. The van der Waals surface area contributed by atoms with Gasteiger partial charge in [0.1, 0.15) is 0 Å². The van der Waals surface area contributed by atoms with Gasteiger partial charge in [0, 0.05) is 6.04 Å². The van der Waals surface area contributed by atoms with Gasteiger partial charge in [0.15, 0.2) is 0 Å². The van der Waals surface area contributed by atoms with Gasteiger partial charge in [-0.25, -0.2) is 13.6 Å². The molecule has 3 N–H and O–H groups in total.